The lowest BCUT2D eigenvalue weighted by Gasteiger charge is -2.40. The number of hydrogen-bond acceptors (Lipinski definition) is 6. The standard InChI is InChI=1S/C24H34N6O5/c1-18-15-29(27(5)26-18)12-11-25-21(31)20-16-28(22(32)35-24(2,3)4)13-14-30(20)23(33)34-17-19-9-7-6-8-10-19/h6-10,15,20H,11-14,16-17H2,1-5H3/p+1/t20-/m1/s1. The summed E-state index contributed by atoms with van der Waals surface area (Å²) >= 11 is 0. The molecule has 1 aromatic heterocycles. The van der Waals surface area contributed by atoms with Crippen molar-refractivity contribution in [2.45, 2.75) is 52.5 Å². The average Bonchev–Trinajstić information content (AvgIpc) is 3.13. The summed E-state index contributed by atoms with van der Waals surface area (Å²) in [4.78, 5) is 43.2. The summed E-state index contributed by atoms with van der Waals surface area (Å²) in [6.07, 6.45) is 0.757. The van der Waals surface area contributed by atoms with Crippen molar-refractivity contribution < 1.29 is 28.5 Å². The second-order valence-corrected chi connectivity index (χ2v) is 9.49. The number of rotatable bonds is 6. The SMILES string of the molecule is Cc1c[n+](CCNC(=O)[C@H]2CN(C(=O)OC(C)(C)C)CCN2C(=O)OCc2ccccc2)n(C)n1. The van der Waals surface area contributed by atoms with Gasteiger partial charge >= 0.3 is 12.2 Å². The number of benzene rings is 1. The van der Waals surface area contributed by atoms with E-state index in [2.05, 4.69) is 10.4 Å². The van der Waals surface area contributed by atoms with Crippen LogP contribution in [-0.2, 0) is 34.5 Å². The number of nitrogens with zero attached hydrogens (tertiary/aromatic N) is 5. The highest BCUT2D eigenvalue weighted by molar-refractivity contribution is 5.87. The Bertz CT molecular complexity index is 1030. The summed E-state index contributed by atoms with van der Waals surface area (Å²) < 4.78 is 12.8. The Labute approximate surface area is 205 Å². The molecule has 2 aromatic rings. The molecule has 3 amide bonds. The molecule has 2 heterocycles. The highest BCUT2D eigenvalue weighted by atomic mass is 16.6. The Morgan fingerprint density at radius 3 is 2.49 bits per heavy atom. The molecule has 11 heteroatoms. The van der Waals surface area contributed by atoms with Crippen LogP contribution in [0.2, 0.25) is 0 Å². The zero-order valence-electron chi connectivity index (χ0n) is 21.1. The fraction of sp³-hybridized carbons (Fsp3) is 0.542. The number of amides is 3. The van der Waals surface area contributed by atoms with E-state index in [0.29, 0.717) is 13.1 Å². The predicted molar refractivity (Wildman–Crippen MR) is 126 cm³/mol. The van der Waals surface area contributed by atoms with Crippen LogP contribution in [0.25, 0.3) is 0 Å². The molecular formula is C24H35N6O5+. The Balaban J connectivity index is 1.66. The van der Waals surface area contributed by atoms with E-state index in [1.165, 1.54) is 9.80 Å². The van der Waals surface area contributed by atoms with E-state index in [0.717, 1.165) is 11.3 Å². The van der Waals surface area contributed by atoms with E-state index in [-0.39, 0.29) is 32.1 Å². The van der Waals surface area contributed by atoms with Gasteiger partial charge in [-0.15, -0.1) is 0 Å². The molecule has 1 N–H and O–H groups in total. The van der Waals surface area contributed by atoms with Crippen molar-refractivity contribution >= 4 is 18.1 Å². The first-order valence-electron chi connectivity index (χ1n) is 11.7. The molecule has 0 saturated carbocycles. The number of nitrogens with one attached hydrogen (secondary N) is 1. The second kappa shape index (κ2) is 11.2. The van der Waals surface area contributed by atoms with Gasteiger partial charge in [-0.3, -0.25) is 9.69 Å². The topological polar surface area (TPSA) is 110 Å². The number of carbonyl (C=O) groups excluding carboxylic acids is 3. The Kier molecular flexibility index (Phi) is 8.31. The van der Waals surface area contributed by atoms with Crippen molar-refractivity contribution in [2.24, 2.45) is 7.05 Å². The Hall–Kier alpha value is -3.63. The lowest BCUT2D eigenvalue weighted by molar-refractivity contribution is -0.775. The molecule has 0 aliphatic carbocycles. The number of carbonyl (C=O) groups is 3. The number of aryl methyl sites for hydroxylation is 2. The normalized spacial score (nSPS) is 16.1. The summed E-state index contributed by atoms with van der Waals surface area (Å²) in [7, 11) is 1.82. The lowest BCUT2D eigenvalue weighted by atomic mass is 10.1. The summed E-state index contributed by atoms with van der Waals surface area (Å²) in [5.74, 6) is -0.366. The third-order valence-corrected chi connectivity index (χ3v) is 5.42. The largest absolute Gasteiger partial charge is 0.445 e. The third kappa shape index (κ3) is 7.43. The van der Waals surface area contributed by atoms with Gasteiger partial charge in [0, 0.05) is 25.1 Å². The Morgan fingerprint density at radius 1 is 1.14 bits per heavy atom. The first-order valence-corrected chi connectivity index (χ1v) is 11.7. The molecular weight excluding hydrogens is 452 g/mol. The molecule has 3 rings (SSSR count). The van der Waals surface area contributed by atoms with E-state index in [4.69, 9.17) is 9.47 Å². The van der Waals surface area contributed by atoms with Crippen LogP contribution in [0.3, 0.4) is 0 Å². The molecule has 0 unspecified atom stereocenters. The smallest absolute Gasteiger partial charge is 0.410 e. The minimum atomic E-state index is -0.905. The number of piperazine rings is 1. The molecule has 0 spiro atoms. The van der Waals surface area contributed by atoms with Crippen LogP contribution in [0.15, 0.2) is 36.5 Å². The van der Waals surface area contributed by atoms with Gasteiger partial charge in [0.05, 0.1) is 20.1 Å². The van der Waals surface area contributed by atoms with Gasteiger partial charge in [-0.1, -0.05) is 30.3 Å². The van der Waals surface area contributed by atoms with Gasteiger partial charge in [0.25, 0.3) is 0 Å². The van der Waals surface area contributed by atoms with Crippen molar-refractivity contribution in [3.63, 3.8) is 0 Å². The molecule has 0 radical (unpaired) electrons. The molecule has 1 aliphatic heterocycles. The van der Waals surface area contributed by atoms with Gasteiger partial charge in [-0.25, -0.2) is 9.59 Å². The fourth-order valence-electron chi connectivity index (χ4n) is 3.75. The molecule has 190 valence electrons. The molecule has 35 heavy (non-hydrogen) atoms. The number of hydrogen-bond donors (Lipinski definition) is 1. The molecule has 1 aromatic carbocycles. The maximum Gasteiger partial charge on any atom is 0.410 e. The predicted octanol–water partition coefficient (Wildman–Crippen LogP) is 1.39. The van der Waals surface area contributed by atoms with E-state index < -0.39 is 23.8 Å². The summed E-state index contributed by atoms with van der Waals surface area (Å²) in [6.45, 7) is 8.57. The first kappa shape index (κ1) is 26.0. The number of ether oxygens (including phenoxy) is 2. The summed E-state index contributed by atoms with van der Waals surface area (Å²) in [6, 6.07) is 8.41. The number of aromatic nitrogens is 3. The zero-order valence-corrected chi connectivity index (χ0v) is 21.1. The molecule has 1 aliphatic rings. The Morgan fingerprint density at radius 2 is 1.86 bits per heavy atom. The van der Waals surface area contributed by atoms with Crippen LogP contribution in [0.5, 0.6) is 0 Å². The van der Waals surface area contributed by atoms with Gasteiger partial charge in [0.1, 0.15) is 24.8 Å². The van der Waals surface area contributed by atoms with Gasteiger partial charge in [-0.05, 0) is 31.1 Å². The minimum absolute atomic E-state index is 0.0130. The van der Waals surface area contributed by atoms with Crippen LogP contribution >= 0.6 is 0 Å². The van der Waals surface area contributed by atoms with Crippen LogP contribution in [0.1, 0.15) is 32.0 Å². The molecule has 11 nitrogen and oxygen atoms in total. The molecule has 1 fully saturated rings. The molecule has 1 atom stereocenters. The fourth-order valence-corrected chi connectivity index (χ4v) is 3.75. The minimum Gasteiger partial charge on any atom is -0.445 e. The van der Waals surface area contributed by atoms with Crippen LogP contribution in [0, 0.1) is 6.92 Å². The van der Waals surface area contributed by atoms with E-state index in [1.807, 2.05) is 55.2 Å². The quantitative estimate of drug-likeness (QED) is 0.617. The van der Waals surface area contributed by atoms with Gasteiger partial charge in [0.2, 0.25) is 11.6 Å². The van der Waals surface area contributed by atoms with Gasteiger partial charge < -0.3 is 19.7 Å². The van der Waals surface area contributed by atoms with E-state index in [1.54, 1.807) is 25.6 Å². The van der Waals surface area contributed by atoms with Crippen molar-refractivity contribution in [1.82, 2.24) is 25.0 Å². The van der Waals surface area contributed by atoms with Crippen LogP contribution in [-0.4, -0.2) is 75.6 Å². The maximum atomic E-state index is 13.1. The van der Waals surface area contributed by atoms with Gasteiger partial charge in [-0.2, -0.15) is 4.68 Å². The van der Waals surface area contributed by atoms with E-state index in [9.17, 15) is 14.4 Å². The highest BCUT2D eigenvalue weighted by Gasteiger charge is 2.39. The zero-order chi connectivity index (χ0) is 25.6. The van der Waals surface area contributed by atoms with Crippen molar-refractivity contribution in [1.29, 1.82) is 0 Å². The lowest BCUT2D eigenvalue weighted by Crippen LogP contribution is -2.62. The van der Waals surface area contributed by atoms with Crippen LogP contribution in [0.4, 0.5) is 9.59 Å². The van der Waals surface area contributed by atoms with Crippen molar-refractivity contribution in [2.75, 3.05) is 26.2 Å². The average molecular weight is 488 g/mol. The van der Waals surface area contributed by atoms with Gasteiger partial charge in [0.15, 0.2) is 6.20 Å². The van der Waals surface area contributed by atoms with E-state index >= 15 is 0 Å². The highest BCUT2D eigenvalue weighted by Crippen LogP contribution is 2.17. The molecule has 1 saturated heterocycles. The second-order valence-electron chi connectivity index (χ2n) is 9.49. The summed E-state index contributed by atoms with van der Waals surface area (Å²) in [5, 5.41) is 7.15. The maximum absolute atomic E-state index is 13.1. The van der Waals surface area contributed by atoms with Crippen molar-refractivity contribution in [3.8, 4) is 0 Å². The van der Waals surface area contributed by atoms with Crippen LogP contribution < -0.4 is 10.00 Å². The third-order valence-electron chi connectivity index (χ3n) is 5.42. The summed E-state index contributed by atoms with van der Waals surface area (Å²) in [5.41, 5.74) is 1.04. The molecule has 0 bridgehead atoms. The first-order chi connectivity index (χ1) is 16.5. The monoisotopic (exact) mass is 487 g/mol. The van der Waals surface area contributed by atoms with Crippen molar-refractivity contribution in [3.05, 3.63) is 47.8 Å².